The van der Waals surface area contributed by atoms with Crippen molar-refractivity contribution < 1.29 is 24.2 Å². The fourth-order valence-corrected chi connectivity index (χ4v) is 1.11. The Kier molecular flexibility index (Phi) is 3.88. The van der Waals surface area contributed by atoms with Crippen LogP contribution in [0.25, 0.3) is 0 Å². The molecule has 5 heteroatoms. The molecule has 86 valence electrons. The molecule has 0 aliphatic carbocycles. The Bertz CT molecular complexity index is 382. The SMILES string of the molecule is COC(=O)OC(=O)C(C)c1ccc(O)cc1. The van der Waals surface area contributed by atoms with Crippen LogP contribution in [0.4, 0.5) is 4.79 Å². The molecule has 16 heavy (non-hydrogen) atoms. The van der Waals surface area contributed by atoms with Crippen molar-refractivity contribution in [3.8, 4) is 5.75 Å². The fraction of sp³-hybridized carbons (Fsp3) is 0.273. The highest BCUT2D eigenvalue weighted by atomic mass is 16.7. The molecule has 0 bridgehead atoms. The molecule has 1 atom stereocenters. The van der Waals surface area contributed by atoms with Gasteiger partial charge in [-0.05, 0) is 24.6 Å². The standard InChI is InChI=1S/C11H12O5/c1-7(10(13)16-11(14)15-2)8-3-5-9(12)6-4-8/h3-7,12H,1-2H3. The second-order valence-corrected chi connectivity index (χ2v) is 3.19. The number of ether oxygens (including phenoxy) is 2. The predicted molar refractivity (Wildman–Crippen MR) is 55.0 cm³/mol. The van der Waals surface area contributed by atoms with Crippen molar-refractivity contribution in [3.63, 3.8) is 0 Å². The van der Waals surface area contributed by atoms with E-state index in [1.54, 1.807) is 19.1 Å². The Morgan fingerprint density at radius 2 is 1.81 bits per heavy atom. The maximum atomic E-state index is 11.4. The van der Waals surface area contributed by atoms with Crippen LogP contribution < -0.4 is 0 Å². The molecule has 0 saturated carbocycles. The van der Waals surface area contributed by atoms with Gasteiger partial charge in [0.2, 0.25) is 0 Å². The normalized spacial score (nSPS) is 11.6. The Labute approximate surface area is 92.6 Å². The molecule has 0 aliphatic heterocycles. The van der Waals surface area contributed by atoms with Crippen molar-refractivity contribution in [1.82, 2.24) is 0 Å². The van der Waals surface area contributed by atoms with Crippen LogP contribution in [0.3, 0.4) is 0 Å². The monoisotopic (exact) mass is 224 g/mol. The first-order valence-electron chi connectivity index (χ1n) is 4.63. The van der Waals surface area contributed by atoms with Gasteiger partial charge in [-0.15, -0.1) is 0 Å². The summed E-state index contributed by atoms with van der Waals surface area (Å²) in [4.78, 5) is 22.1. The molecule has 0 amide bonds. The van der Waals surface area contributed by atoms with Crippen LogP contribution in [-0.2, 0) is 14.3 Å². The van der Waals surface area contributed by atoms with Gasteiger partial charge >= 0.3 is 12.1 Å². The molecule has 1 N–H and O–H groups in total. The lowest BCUT2D eigenvalue weighted by Gasteiger charge is -2.09. The van der Waals surface area contributed by atoms with Crippen molar-refractivity contribution in [2.75, 3.05) is 7.11 Å². The summed E-state index contributed by atoms with van der Waals surface area (Å²) in [5, 5.41) is 9.07. The molecular weight excluding hydrogens is 212 g/mol. The maximum absolute atomic E-state index is 11.4. The van der Waals surface area contributed by atoms with Crippen LogP contribution in [0.2, 0.25) is 0 Å². The first-order chi connectivity index (χ1) is 7.54. The van der Waals surface area contributed by atoms with E-state index < -0.39 is 18.0 Å². The molecule has 0 aliphatic rings. The van der Waals surface area contributed by atoms with E-state index in [0.29, 0.717) is 5.56 Å². The number of esters is 1. The maximum Gasteiger partial charge on any atom is 0.515 e. The van der Waals surface area contributed by atoms with Gasteiger partial charge in [-0.2, -0.15) is 0 Å². The Morgan fingerprint density at radius 1 is 1.25 bits per heavy atom. The fourth-order valence-electron chi connectivity index (χ4n) is 1.11. The summed E-state index contributed by atoms with van der Waals surface area (Å²) in [5.74, 6) is -1.19. The molecule has 0 aromatic heterocycles. The molecule has 0 spiro atoms. The van der Waals surface area contributed by atoms with Crippen molar-refractivity contribution in [1.29, 1.82) is 0 Å². The van der Waals surface area contributed by atoms with E-state index in [0.717, 1.165) is 7.11 Å². The van der Waals surface area contributed by atoms with E-state index in [-0.39, 0.29) is 5.75 Å². The van der Waals surface area contributed by atoms with Gasteiger partial charge in [-0.3, -0.25) is 4.79 Å². The van der Waals surface area contributed by atoms with Crippen molar-refractivity contribution in [2.24, 2.45) is 0 Å². The summed E-state index contributed by atoms with van der Waals surface area (Å²) in [6.45, 7) is 1.59. The summed E-state index contributed by atoms with van der Waals surface area (Å²) in [6, 6.07) is 6.07. The Morgan fingerprint density at radius 3 is 2.31 bits per heavy atom. The number of hydrogen-bond acceptors (Lipinski definition) is 5. The second kappa shape index (κ2) is 5.16. The van der Waals surface area contributed by atoms with Gasteiger partial charge in [0.25, 0.3) is 0 Å². The number of benzene rings is 1. The van der Waals surface area contributed by atoms with Crippen LogP contribution in [0.1, 0.15) is 18.4 Å². The molecule has 1 aromatic carbocycles. The summed E-state index contributed by atoms with van der Waals surface area (Å²) >= 11 is 0. The molecular formula is C11H12O5. The number of carbonyl (C=O) groups is 2. The molecule has 5 nitrogen and oxygen atoms in total. The van der Waals surface area contributed by atoms with Gasteiger partial charge in [0.1, 0.15) is 5.75 Å². The van der Waals surface area contributed by atoms with Gasteiger partial charge < -0.3 is 14.6 Å². The molecule has 1 unspecified atom stereocenters. The molecule has 0 radical (unpaired) electrons. The zero-order chi connectivity index (χ0) is 12.1. The third-order valence-corrected chi connectivity index (χ3v) is 2.10. The first kappa shape index (κ1) is 12.0. The third-order valence-electron chi connectivity index (χ3n) is 2.10. The van der Waals surface area contributed by atoms with Crippen LogP contribution in [-0.4, -0.2) is 24.3 Å². The molecule has 1 rings (SSSR count). The van der Waals surface area contributed by atoms with Crippen molar-refractivity contribution in [2.45, 2.75) is 12.8 Å². The smallest absolute Gasteiger partial charge is 0.508 e. The average Bonchev–Trinajstić information content (AvgIpc) is 2.28. The van der Waals surface area contributed by atoms with Crippen LogP contribution in [0.15, 0.2) is 24.3 Å². The van der Waals surface area contributed by atoms with Crippen LogP contribution >= 0.6 is 0 Å². The summed E-state index contributed by atoms with van der Waals surface area (Å²) in [7, 11) is 1.13. The number of phenols is 1. The topological polar surface area (TPSA) is 72.8 Å². The highest BCUT2D eigenvalue weighted by Gasteiger charge is 2.20. The summed E-state index contributed by atoms with van der Waals surface area (Å²) < 4.78 is 8.59. The van der Waals surface area contributed by atoms with E-state index in [9.17, 15) is 9.59 Å². The highest BCUT2D eigenvalue weighted by molar-refractivity contribution is 5.86. The second-order valence-electron chi connectivity index (χ2n) is 3.19. The average molecular weight is 224 g/mol. The molecule has 0 heterocycles. The highest BCUT2D eigenvalue weighted by Crippen LogP contribution is 2.19. The minimum atomic E-state index is -1.03. The lowest BCUT2D eigenvalue weighted by Crippen LogP contribution is -2.17. The third kappa shape index (κ3) is 2.98. The van der Waals surface area contributed by atoms with Crippen molar-refractivity contribution >= 4 is 12.1 Å². The number of rotatable bonds is 2. The predicted octanol–water partition coefficient (Wildman–Crippen LogP) is 1.81. The number of carbonyl (C=O) groups excluding carboxylic acids is 2. The number of hydrogen-bond donors (Lipinski definition) is 1. The van der Waals surface area contributed by atoms with Crippen LogP contribution in [0.5, 0.6) is 5.75 Å². The Balaban J connectivity index is 2.70. The lowest BCUT2D eigenvalue weighted by molar-refractivity contribution is -0.140. The van der Waals surface area contributed by atoms with Gasteiger partial charge in [0.15, 0.2) is 0 Å². The van der Waals surface area contributed by atoms with E-state index in [1.165, 1.54) is 12.1 Å². The quantitative estimate of drug-likeness (QED) is 0.612. The molecule has 1 aromatic rings. The Hall–Kier alpha value is -2.04. The molecule has 0 saturated heterocycles. The zero-order valence-electron chi connectivity index (χ0n) is 8.97. The summed E-state index contributed by atoms with van der Waals surface area (Å²) in [6.07, 6.45) is -1.03. The molecule has 0 fully saturated rings. The first-order valence-corrected chi connectivity index (χ1v) is 4.63. The minimum absolute atomic E-state index is 0.109. The lowest BCUT2D eigenvalue weighted by atomic mass is 10.0. The van der Waals surface area contributed by atoms with Gasteiger partial charge in [-0.1, -0.05) is 12.1 Å². The number of phenolic OH excluding ortho intramolecular Hbond substituents is 1. The summed E-state index contributed by atoms with van der Waals surface area (Å²) in [5.41, 5.74) is 0.645. The van der Waals surface area contributed by atoms with Crippen molar-refractivity contribution in [3.05, 3.63) is 29.8 Å². The van der Waals surface area contributed by atoms with E-state index in [2.05, 4.69) is 9.47 Å². The van der Waals surface area contributed by atoms with Crippen LogP contribution in [0, 0.1) is 0 Å². The van der Waals surface area contributed by atoms with E-state index >= 15 is 0 Å². The van der Waals surface area contributed by atoms with E-state index in [4.69, 9.17) is 5.11 Å². The van der Waals surface area contributed by atoms with E-state index in [1.807, 2.05) is 0 Å². The number of methoxy groups -OCH3 is 1. The minimum Gasteiger partial charge on any atom is -0.508 e. The number of aromatic hydroxyl groups is 1. The largest absolute Gasteiger partial charge is 0.515 e. The van der Waals surface area contributed by atoms with Gasteiger partial charge in [-0.25, -0.2) is 4.79 Å². The van der Waals surface area contributed by atoms with Gasteiger partial charge in [0.05, 0.1) is 13.0 Å². The zero-order valence-corrected chi connectivity index (χ0v) is 8.97. The van der Waals surface area contributed by atoms with Gasteiger partial charge in [0, 0.05) is 0 Å².